The number of alkyl halides is 3. The maximum Gasteiger partial charge on any atom is 0.573 e. The molecule has 0 atom stereocenters. The molecule has 0 radical (unpaired) electrons. The molecule has 0 aliphatic heterocycles. The second kappa shape index (κ2) is 3.53. The van der Waals surface area contributed by atoms with Crippen LogP contribution in [0.25, 0.3) is 0 Å². The molecule has 0 unspecified atom stereocenters. The highest BCUT2D eigenvalue weighted by Gasteiger charge is 2.32. The number of halogens is 3. The van der Waals surface area contributed by atoms with Crippen LogP contribution in [0.3, 0.4) is 0 Å². The summed E-state index contributed by atoms with van der Waals surface area (Å²) in [6.07, 6.45) is -4.48. The summed E-state index contributed by atoms with van der Waals surface area (Å²) in [5.41, 5.74) is -1.93. The van der Waals surface area contributed by atoms with E-state index in [4.69, 9.17) is 10.4 Å². The molecule has 8 heteroatoms. The Balaban J connectivity index is 3.21. The number of nitrogens with zero attached hydrogens (tertiary/aromatic N) is 1. The van der Waals surface area contributed by atoms with Crippen LogP contribution in [0.4, 0.5) is 13.2 Å². The van der Waals surface area contributed by atoms with Crippen LogP contribution in [-0.4, -0.2) is 16.5 Å². The van der Waals surface area contributed by atoms with E-state index in [9.17, 15) is 18.0 Å². The number of pyridine rings is 1. The highest BCUT2D eigenvalue weighted by atomic mass is 19.4. The molecular formula is C7H3F3N2O3. The summed E-state index contributed by atoms with van der Waals surface area (Å²) in [6, 6.07) is 1.38. The lowest BCUT2D eigenvalue weighted by Crippen LogP contribution is -2.22. The molecule has 0 saturated carbocycles. The monoisotopic (exact) mass is 220 g/mol. The Hall–Kier alpha value is -2.17. The van der Waals surface area contributed by atoms with Crippen molar-refractivity contribution in [2.45, 2.75) is 6.36 Å². The second-order valence-electron chi connectivity index (χ2n) is 2.37. The Labute approximate surface area is 80.3 Å². The lowest BCUT2D eigenvalue weighted by atomic mass is 10.3. The van der Waals surface area contributed by atoms with Gasteiger partial charge < -0.3 is 14.8 Å². The van der Waals surface area contributed by atoms with Gasteiger partial charge in [0.05, 0.1) is 0 Å². The van der Waals surface area contributed by atoms with E-state index in [1.54, 1.807) is 0 Å². The van der Waals surface area contributed by atoms with Crippen molar-refractivity contribution in [1.29, 1.82) is 5.26 Å². The number of hydrogen-bond donors (Lipinski definition) is 2. The highest BCUT2D eigenvalue weighted by Crippen LogP contribution is 2.21. The molecule has 0 amide bonds. The molecule has 1 aromatic heterocycles. The largest absolute Gasteiger partial charge is 0.573 e. The zero-order chi connectivity index (χ0) is 11.6. The first kappa shape index (κ1) is 10.9. The molecule has 0 saturated heterocycles. The third kappa shape index (κ3) is 2.40. The molecule has 1 heterocycles. The third-order valence-electron chi connectivity index (χ3n) is 1.36. The number of aromatic hydroxyl groups is 1. The van der Waals surface area contributed by atoms with Crippen LogP contribution >= 0.6 is 0 Å². The lowest BCUT2D eigenvalue weighted by molar-refractivity contribution is -0.275. The predicted octanol–water partition coefficient (Wildman–Crippen LogP) is 0.851. The SMILES string of the molecule is N#Cc1[nH]cc(OC(F)(F)F)c(=O)c1O. The Morgan fingerprint density at radius 2 is 2.13 bits per heavy atom. The van der Waals surface area contributed by atoms with Crippen LogP contribution in [0.5, 0.6) is 11.5 Å². The van der Waals surface area contributed by atoms with Crippen LogP contribution in [-0.2, 0) is 0 Å². The number of H-pyrrole nitrogens is 1. The summed E-state index contributed by atoms with van der Waals surface area (Å²) in [5, 5.41) is 17.3. The van der Waals surface area contributed by atoms with Crippen LogP contribution in [0.2, 0.25) is 0 Å². The smallest absolute Gasteiger partial charge is 0.502 e. The van der Waals surface area contributed by atoms with Crippen molar-refractivity contribution in [3.63, 3.8) is 0 Å². The van der Waals surface area contributed by atoms with Gasteiger partial charge in [0, 0.05) is 6.20 Å². The molecule has 0 spiro atoms. The molecule has 0 bridgehead atoms. The number of aromatic nitrogens is 1. The van der Waals surface area contributed by atoms with Gasteiger partial charge in [-0.3, -0.25) is 4.79 Å². The van der Waals surface area contributed by atoms with E-state index in [-0.39, 0.29) is 0 Å². The van der Waals surface area contributed by atoms with Gasteiger partial charge in [-0.05, 0) is 0 Å². The molecule has 0 aliphatic carbocycles. The standard InChI is InChI=1S/C7H3F3N2O3/c8-7(9,10)15-4-2-12-3(1-11)5(13)6(4)14/h2,13H,(H,12,14). The van der Waals surface area contributed by atoms with Gasteiger partial charge in [-0.1, -0.05) is 0 Å². The molecule has 5 nitrogen and oxygen atoms in total. The maximum absolute atomic E-state index is 11.7. The Kier molecular flexibility index (Phi) is 2.57. The summed E-state index contributed by atoms with van der Waals surface area (Å²) >= 11 is 0. The van der Waals surface area contributed by atoms with Crippen molar-refractivity contribution < 1.29 is 23.0 Å². The van der Waals surface area contributed by atoms with Gasteiger partial charge in [0.25, 0.3) is 5.43 Å². The van der Waals surface area contributed by atoms with Crippen LogP contribution in [0, 0.1) is 11.3 Å². The zero-order valence-corrected chi connectivity index (χ0v) is 6.92. The summed E-state index contributed by atoms with van der Waals surface area (Å²) in [6.45, 7) is 0. The van der Waals surface area contributed by atoms with Gasteiger partial charge >= 0.3 is 6.36 Å². The van der Waals surface area contributed by atoms with E-state index in [0.29, 0.717) is 6.20 Å². The molecule has 80 valence electrons. The molecule has 0 aromatic carbocycles. The van der Waals surface area contributed by atoms with Crippen LogP contribution in [0.1, 0.15) is 5.69 Å². The fourth-order valence-corrected chi connectivity index (χ4v) is 0.788. The molecule has 0 fully saturated rings. The number of aromatic amines is 1. The van der Waals surface area contributed by atoms with Gasteiger partial charge in [0.2, 0.25) is 5.75 Å². The molecule has 1 rings (SSSR count). The second-order valence-corrected chi connectivity index (χ2v) is 2.37. The molecule has 1 aromatic rings. The lowest BCUT2D eigenvalue weighted by Gasteiger charge is -2.07. The average Bonchev–Trinajstić information content (AvgIpc) is 2.11. The minimum Gasteiger partial charge on any atom is -0.502 e. The fraction of sp³-hybridized carbons (Fsp3) is 0.143. The first-order valence-corrected chi connectivity index (χ1v) is 3.45. The summed E-state index contributed by atoms with van der Waals surface area (Å²) in [5.74, 6) is -2.24. The highest BCUT2D eigenvalue weighted by molar-refractivity contribution is 5.40. The summed E-state index contributed by atoms with van der Waals surface area (Å²) in [4.78, 5) is 13.0. The normalized spacial score (nSPS) is 10.8. The Bertz CT molecular complexity index is 472. The number of hydrogen-bond acceptors (Lipinski definition) is 4. The van der Waals surface area contributed by atoms with Gasteiger partial charge in [0.1, 0.15) is 6.07 Å². The predicted molar refractivity (Wildman–Crippen MR) is 40.1 cm³/mol. The first-order chi connectivity index (χ1) is 6.85. The number of ether oxygens (including phenoxy) is 1. The number of nitriles is 1. The quantitative estimate of drug-likeness (QED) is 0.734. The third-order valence-corrected chi connectivity index (χ3v) is 1.36. The van der Waals surface area contributed by atoms with Gasteiger partial charge in [-0.2, -0.15) is 5.26 Å². The van der Waals surface area contributed by atoms with Crippen molar-refractivity contribution in [3.05, 3.63) is 22.1 Å². The van der Waals surface area contributed by atoms with E-state index >= 15 is 0 Å². The zero-order valence-electron chi connectivity index (χ0n) is 6.92. The minimum atomic E-state index is -5.03. The maximum atomic E-state index is 11.7. The Morgan fingerprint density at radius 1 is 1.53 bits per heavy atom. The van der Waals surface area contributed by atoms with Crippen molar-refractivity contribution in [3.8, 4) is 17.6 Å². The minimum absolute atomic E-state index is 0.533. The number of nitrogens with one attached hydrogen (secondary N) is 1. The number of rotatable bonds is 1. The van der Waals surface area contributed by atoms with Crippen molar-refractivity contribution >= 4 is 0 Å². The molecule has 15 heavy (non-hydrogen) atoms. The summed E-state index contributed by atoms with van der Waals surface area (Å²) in [7, 11) is 0. The van der Waals surface area contributed by atoms with Crippen molar-refractivity contribution in [2.24, 2.45) is 0 Å². The van der Waals surface area contributed by atoms with E-state index in [0.717, 1.165) is 0 Å². The fourth-order valence-electron chi connectivity index (χ4n) is 0.788. The van der Waals surface area contributed by atoms with Crippen molar-refractivity contribution in [2.75, 3.05) is 0 Å². The van der Waals surface area contributed by atoms with E-state index in [1.165, 1.54) is 6.07 Å². The van der Waals surface area contributed by atoms with Crippen LogP contribution < -0.4 is 10.2 Å². The topological polar surface area (TPSA) is 86.1 Å². The van der Waals surface area contributed by atoms with E-state index in [1.807, 2.05) is 4.98 Å². The van der Waals surface area contributed by atoms with Gasteiger partial charge in [-0.15, -0.1) is 13.2 Å². The molecule has 2 N–H and O–H groups in total. The van der Waals surface area contributed by atoms with E-state index in [2.05, 4.69) is 4.74 Å². The van der Waals surface area contributed by atoms with Gasteiger partial charge in [-0.25, -0.2) is 0 Å². The first-order valence-electron chi connectivity index (χ1n) is 3.45. The van der Waals surface area contributed by atoms with E-state index < -0.39 is 29.0 Å². The van der Waals surface area contributed by atoms with Crippen LogP contribution in [0.15, 0.2) is 11.0 Å². The molecule has 0 aliphatic rings. The Morgan fingerprint density at radius 3 is 2.60 bits per heavy atom. The molecular weight excluding hydrogens is 217 g/mol. The summed E-state index contributed by atoms with van der Waals surface area (Å²) < 4.78 is 38.4. The van der Waals surface area contributed by atoms with Crippen molar-refractivity contribution in [1.82, 2.24) is 4.98 Å². The van der Waals surface area contributed by atoms with Gasteiger partial charge in [0.15, 0.2) is 11.4 Å². The average molecular weight is 220 g/mol.